The first-order valence-electron chi connectivity index (χ1n) is 7.30. The van der Waals surface area contributed by atoms with E-state index in [2.05, 4.69) is 22.0 Å². The van der Waals surface area contributed by atoms with Crippen LogP contribution in [0.15, 0.2) is 24.5 Å². The molecule has 0 saturated heterocycles. The van der Waals surface area contributed by atoms with Crippen molar-refractivity contribution in [2.24, 2.45) is 5.92 Å². The lowest BCUT2D eigenvalue weighted by atomic mass is 9.87. The van der Waals surface area contributed by atoms with E-state index in [9.17, 15) is 13.2 Å². The highest BCUT2D eigenvalue weighted by Gasteiger charge is 2.40. The minimum Gasteiger partial charge on any atom is -0.383 e. The molecule has 0 aromatic carbocycles. The number of aromatic nitrogens is 4. The quantitative estimate of drug-likeness (QED) is 0.919. The molecule has 23 heavy (non-hydrogen) atoms. The minimum atomic E-state index is -4.59. The Morgan fingerprint density at radius 1 is 1.26 bits per heavy atom. The van der Waals surface area contributed by atoms with Gasteiger partial charge in [0.1, 0.15) is 5.82 Å². The standard InChI is InChI=1S/C15H16F3N5/c1-9-3-5-10(6-4-9)11-12(15(16,17)18)22-23(13(11)19)14-20-7-2-8-21-14/h2,5,7-9H,3-4,6,19H2,1H3. The zero-order chi connectivity index (χ0) is 16.6. The number of allylic oxidation sites excluding steroid dienone is 2. The third kappa shape index (κ3) is 2.93. The van der Waals surface area contributed by atoms with Crippen LogP contribution in [0.1, 0.15) is 37.4 Å². The monoisotopic (exact) mass is 323 g/mol. The van der Waals surface area contributed by atoms with Gasteiger partial charge in [-0.1, -0.05) is 13.0 Å². The summed E-state index contributed by atoms with van der Waals surface area (Å²) < 4.78 is 41.1. The van der Waals surface area contributed by atoms with Crippen LogP contribution in [-0.4, -0.2) is 19.7 Å². The molecule has 0 saturated carbocycles. The van der Waals surface area contributed by atoms with E-state index < -0.39 is 11.9 Å². The fourth-order valence-electron chi connectivity index (χ4n) is 2.69. The number of hydrogen-bond donors (Lipinski definition) is 1. The van der Waals surface area contributed by atoms with Gasteiger partial charge in [0.05, 0.1) is 5.56 Å². The number of halogens is 3. The lowest BCUT2D eigenvalue weighted by molar-refractivity contribution is -0.141. The zero-order valence-corrected chi connectivity index (χ0v) is 12.5. The number of nitrogens with zero attached hydrogens (tertiary/aromatic N) is 4. The van der Waals surface area contributed by atoms with Crippen molar-refractivity contribution in [1.29, 1.82) is 0 Å². The molecule has 0 radical (unpaired) electrons. The fraction of sp³-hybridized carbons (Fsp3) is 0.400. The van der Waals surface area contributed by atoms with E-state index in [4.69, 9.17) is 5.73 Å². The summed E-state index contributed by atoms with van der Waals surface area (Å²) in [5, 5.41) is 3.65. The molecule has 2 aromatic heterocycles. The van der Waals surface area contributed by atoms with Gasteiger partial charge < -0.3 is 5.73 Å². The summed E-state index contributed by atoms with van der Waals surface area (Å²) >= 11 is 0. The number of alkyl halides is 3. The van der Waals surface area contributed by atoms with Crippen molar-refractivity contribution in [2.45, 2.75) is 32.4 Å². The highest BCUT2D eigenvalue weighted by molar-refractivity contribution is 5.76. The lowest BCUT2D eigenvalue weighted by Crippen LogP contribution is -2.11. The summed E-state index contributed by atoms with van der Waals surface area (Å²) in [6.45, 7) is 2.07. The topological polar surface area (TPSA) is 69.6 Å². The van der Waals surface area contributed by atoms with E-state index >= 15 is 0 Å². The third-order valence-corrected chi connectivity index (χ3v) is 3.93. The van der Waals surface area contributed by atoms with Gasteiger partial charge in [-0.15, -0.1) is 0 Å². The Kier molecular flexibility index (Phi) is 3.83. The van der Waals surface area contributed by atoms with Gasteiger partial charge in [0.2, 0.25) is 0 Å². The predicted molar refractivity (Wildman–Crippen MR) is 79.6 cm³/mol. The normalized spacial score (nSPS) is 18.8. The number of nitrogen functional groups attached to an aromatic ring is 1. The molecule has 5 nitrogen and oxygen atoms in total. The van der Waals surface area contributed by atoms with Crippen LogP contribution in [-0.2, 0) is 6.18 Å². The number of nitrogens with two attached hydrogens (primary N) is 1. The molecule has 0 fully saturated rings. The number of rotatable bonds is 2. The van der Waals surface area contributed by atoms with E-state index in [1.54, 1.807) is 6.07 Å². The molecule has 0 spiro atoms. The van der Waals surface area contributed by atoms with Gasteiger partial charge in [0, 0.05) is 12.4 Å². The van der Waals surface area contributed by atoms with Crippen molar-refractivity contribution < 1.29 is 13.2 Å². The molecule has 122 valence electrons. The second-order valence-corrected chi connectivity index (χ2v) is 5.68. The molecule has 2 aromatic rings. The SMILES string of the molecule is CC1CC=C(c2c(C(F)(F)F)nn(-c3ncccn3)c2N)CC1. The molecular formula is C15H16F3N5. The van der Waals surface area contributed by atoms with Crippen LogP contribution < -0.4 is 5.73 Å². The van der Waals surface area contributed by atoms with Gasteiger partial charge >= 0.3 is 6.18 Å². The summed E-state index contributed by atoms with van der Waals surface area (Å²) in [6.07, 6.45) is 2.21. The Bertz CT molecular complexity index is 734. The van der Waals surface area contributed by atoms with Gasteiger partial charge in [0.15, 0.2) is 5.69 Å². The Labute approximate surface area is 131 Å². The Balaban J connectivity index is 2.16. The third-order valence-electron chi connectivity index (χ3n) is 3.93. The first-order valence-corrected chi connectivity index (χ1v) is 7.30. The van der Waals surface area contributed by atoms with Crippen LogP contribution in [0.3, 0.4) is 0 Å². The van der Waals surface area contributed by atoms with Gasteiger partial charge in [0.25, 0.3) is 5.95 Å². The fourth-order valence-corrected chi connectivity index (χ4v) is 2.69. The van der Waals surface area contributed by atoms with Gasteiger partial charge in [-0.05, 0) is 36.8 Å². The summed E-state index contributed by atoms with van der Waals surface area (Å²) in [6, 6.07) is 1.57. The van der Waals surface area contributed by atoms with Crippen LogP contribution in [0.25, 0.3) is 11.5 Å². The van der Waals surface area contributed by atoms with Crippen molar-refractivity contribution in [3.05, 3.63) is 35.8 Å². The van der Waals surface area contributed by atoms with Crippen molar-refractivity contribution in [3.63, 3.8) is 0 Å². The second kappa shape index (κ2) is 5.68. The first-order chi connectivity index (χ1) is 10.9. The molecule has 8 heteroatoms. The average molecular weight is 323 g/mol. The van der Waals surface area contributed by atoms with Gasteiger partial charge in [-0.2, -0.15) is 23.0 Å². The van der Waals surface area contributed by atoms with Crippen LogP contribution in [0.5, 0.6) is 0 Å². The molecule has 0 bridgehead atoms. The Morgan fingerprint density at radius 3 is 2.52 bits per heavy atom. The molecule has 1 atom stereocenters. The maximum absolute atomic E-state index is 13.4. The smallest absolute Gasteiger partial charge is 0.383 e. The molecule has 2 heterocycles. The van der Waals surface area contributed by atoms with E-state index in [1.165, 1.54) is 12.4 Å². The van der Waals surface area contributed by atoms with Crippen molar-refractivity contribution in [2.75, 3.05) is 5.73 Å². The second-order valence-electron chi connectivity index (χ2n) is 5.68. The molecule has 1 unspecified atom stereocenters. The molecule has 3 rings (SSSR count). The van der Waals surface area contributed by atoms with Gasteiger partial charge in [-0.3, -0.25) is 0 Å². The number of hydrogen-bond acceptors (Lipinski definition) is 4. The van der Waals surface area contributed by atoms with Crippen molar-refractivity contribution in [1.82, 2.24) is 19.7 Å². The minimum absolute atomic E-state index is 0.0199. The van der Waals surface area contributed by atoms with Gasteiger partial charge in [-0.25, -0.2) is 9.97 Å². The van der Waals surface area contributed by atoms with Crippen LogP contribution in [0, 0.1) is 5.92 Å². The largest absolute Gasteiger partial charge is 0.435 e. The van der Waals surface area contributed by atoms with E-state index in [-0.39, 0.29) is 17.3 Å². The molecular weight excluding hydrogens is 307 g/mol. The first kappa shape index (κ1) is 15.5. The van der Waals surface area contributed by atoms with E-state index in [0.717, 1.165) is 17.5 Å². The molecule has 0 amide bonds. The van der Waals surface area contributed by atoms with Crippen molar-refractivity contribution >= 4 is 11.4 Å². The summed E-state index contributed by atoms with van der Waals surface area (Å²) in [5.41, 5.74) is 5.54. The maximum atomic E-state index is 13.4. The van der Waals surface area contributed by atoms with Crippen LogP contribution >= 0.6 is 0 Å². The predicted octanol–water partition coefficient (Wildman–Crippen LogP) is 3.47. The van der Waals surface area contributed by atoms with Crippen LogP contribution in [0.2, 0.25) is 0 Å². The summed E-state index contributed by atoms with van der Waals surface area (Å²) in [7, 11) is 0. The summed E-state index contributed by atoms with van der Waals surface area (Å²) in [5.74, 6) is 0.401. The van der Waals surface area contributed by atoms with Crippen LogP contribution in [0.4, 0.5) is 19.0 Å². The highest BCUT2D eigenvalue weighted by atomic mass is 19.4. The Morgan fingerprint density at radius 2 is 1.96 bits per heavy atom. The van der Waals surface area contributed by atoms with E-state index in [0.29, 0.717) is 17.9 Å². The summed E-state index contributed by atoms with van der Waals surface area (Å²) in [4.78, 5) is 7.85. The average Bonchev–Trinajstić information content (AvgIpc) is 2.87. The molecule has 0 aliphatic heterocycles. The molecule has 1 aliphatic carbocycles. The highest BCUT2D eigenvalue weighted by Crippen LogP contribution is 2.41. The molecule has 2 N–H and O–H groups in total. The van der Waals surface area contributed by atoms with E-state index in [1.807, 2.05) is 6.08 Å². The lowest BCUT2D eigenvalue weighted by Gasteiger charge is -2.19. The van der Waals surface area contributed by atoms with Crippen molar-refractivity contribution in [3.8, 4) is 5.95 Å². The molecule has 1 aliphatic rings. The zero-order valence-electron chi connectivity index (χ0n) is 12.5. The number of anilines is 1. The Hall–Kier alpha value is -2.38. The maximum Gasteiger partial charge on any atom is 0.435 e.